The molecule has 2 heterocycles. The summed E-state index contributed by atoms with van der Waals surface area (Å²) in [7, 11) is 1.59. The van der Waals surface area contributed by atoms with E-state index in [-0.39, 0.29) is 22.4 Å². The molecule has 0 unspecified atom stereocenters. The van der Waals surface area contributed by atoms with E-state index in [4.69, 9.17) is 4.74 Å². The van der Waals surface area contributed by atoms with Crippen LogP contribution >= 0.6 is 11.8 Å². The Bertz CT molecular complexity index is 1000. The predicted octanol–water partition coefficient (Wildman–Crippen LogP) is 3.42. The summed E-state index contributed by atoms with van der Waals surface area (Å²) in [4.78, 5) is 39.9. The number of carbonyl (C=O) groups is 2. The quantitative estimate of drug-likeness (QED) is 0.533. The minimum absolute atomic E-state index is 0.00823. The number of hydrogen-bond acceptors (Lipinski definition) is 6. The minimum Gasteiger partial charge on any atom is -0.497 e. The first kappa shape index (κ1) is 21.2. The summed E-state index contributed by atoms with van der Waals surface area (Å²) >= 11 is 1.77. The maximum atomic E-state index is 13.2. The van der Waals surface area contributed by atoms with E-state index in [9.17, 15) is 19.7 Å². The van der Waals surface area contributed by atoms with Crippen LogP contribution in [0.5, 0.6) is 5.75 Å². The van der Waals surface area contributed by atoms with Gasteiger partial charge in [0.1, 0.15) is 5.75 Å². The molecule has 2 fully saturated rings. The second-order valence-corrected chi connectivity index (χ2v) is 9.04. The van der Waals surface area contributed by atoms with Crippen molar-refractivity contribution in [1.29, 1.82) is 0 Å². The summed E-state index contributed by atoms with van der Waals surface area (Å²) in [6, 6.07) is 12.9. The standard InChI is InChI=1S/C22H23N3O5S/c1-30-19-7-5-16(6-8-19)21(27)24-13-14-31-22(24)9-11-23(12-10-22)20(26)17-3-2-4-18(15-17)25(28)29/h2-8,15H,9-14H2,1H3. The van der Waals surface area contributed by atoms with E-state index in [1.807, 2.05) is 4.90 Å². The second-order valence-electron chi connectivity index (χ2n) is 7.58. The lowest BCUT2D eigenvalue weighted by Crippen LogP contribution is -2.53. The van der Waals surface area contributed by atoms with Crippen molar-refractivity contribution >= 4 is 29.3 Å². The van der Waals surface area contributed by atoms with E-state index in [0.29, 0.717) is 49.4 Å². The van der Waals surface area contributed by atoms with Crippen LogP contribution in [0.1, 0.15) is 33.6 Å². The summed E-state index contributed by atoms with van der Waals surface area (Å²) in [5, 5.41) is 11.0. The van der Waals surface area contributed by atoms with Crippen LogP contribution in [0.2, 0.25) is 0 Å². The van der Waals surface area contributed by atoms with Gasteiger partial charge in [0.15, 0.2) is 0 Å². The van der Waals surface area contributed by atoms with Gasteiger partial charge >= 0.3 is 0 Å². The molecule has 162 valence electrons. The summed E-state index contributed by atoms with van der Waals surface area (Å²) in [6.07, 6.45) is 1.33. The molecule has 4 rings (SSSR count). The molecule has 0 N–H and O–H groups in total. The topological polar surface area (TPSA) is 93.0 Å². The number of methoxy groups -OCH3 is 1. The van der Waals surface area contributed by atoms with Gasteiger partial charge < -0.3 is 14.5 Å². The third kappa shape index (κ3) is 4.10. The molecule has 1 spiro atoms. The molecule has 0 radical (unpaired) electrons. The van der Waals surface area contributed by atoms with Gasteiger partial charge in [-0.3, -0.25) is 19.7 Å². The van der Waals surface area contributed by atoms with E-state index in [1.165, 1.54) is 18.2 Å². The highest BCUT2D eigenvalue weighted by atomic mass is 32.2. The monoisotopic (exact) mass is 441 g/mol. The number of non-ortho nitro benzene ring substituents is 1. The van der Waals surface area contributed by atoms with Crippen LogP contribution in [0.4, 0.5) is 5.69 Å². The van der Waals surface area contributed by atoms with Gasteiger partial charge in [-0.15, -0.1) is 11.8 Å². The Balaban J connectivity index is 1.46. The van der Waals surface area contributed by atoms with Crippen molar-refractivity contribution in [3.05, 3.63) is 69.8 Å². The zero-order chi connectivity index (χ0) is 22.0. The molecule has 2 aliphatic heterocycles. The van der Waals surface area contributed by atoms with Crippen LogP contribution in [-0.2, 0) is 0 Å². The molecule has 2 aromatic rings. The van der Waals surface area contributed by atoms with E-state index in [2.05, 4.69) is 0 Å². The van der Waals surface area contributed by atoms with E-state index < -0.39 is 4.92 Å². The average Bonchev–Trinajstić information content (AvgIpc) is 3.21. The van der Waals surface area contributed by atoms with E-state index >= 15 is 0 Å². The number of ether oxygens (including phenoxy) is 1. The smallest absolute Gasteiger partial charge is 0.270 e. The lowest BCUT2D eigenvalue weighted by Gasteiger charge is -2.44. The van der Waals surface area contributed by atoms with Gasteiger partial charge in [-0.2, -0.15) is 0 Å². The predicted molar refractivity (Wildman–Crippen MR) is 117 cm³/mol. The summed E-state index contributed by atoms with van der Waals surface area (Å²) in [5.74, 6) is 1.34. The highest BCUT2D eigenvalue weighted by molar-refractivity contribution is 8.00. The Labute approximate surface area is 184 Å². The van der Waals surface area contributed by atoms with Crippen molar-refractivity contribution in [2.45, 2.75) is 17.7 Å². The number of hydrogen-bond donors (Lipinski definition) is 0. The molecule has 2 aliphatic rings. The van der Waals surface area contributed by atoms with Gasteiger partial charge in [-0.25, -0.2) is 0 Å². The van der Waals surface area contributed by atoms with E-state index in [0.717, 1.165) is 5.75 Å². The maximum absolute atomic E-state index is 13.2. The van der Waals surface area contributed by atoms with Crippen molar-refractivity contribution in [3.8, 4) is 5.75 Å². The molecule has 2 aromatic carbocycles. The molecule has 0 aliphatic carbocycles. The molecule has 0 bridgehead atoms. The van der Waals surface area contributed by atoms with Crippen molar-refractivity contribution in [1.82, 2.24) is 9.80 Å². The fourth-order valence-electron chi connectivity index (χ4n) is 4.19. The number of rotatable bonds is 4. The molecular weight excluding hydrogens is 418 g/mol. The Morgan fingerprint density at radius 1 is 1.03 bits per heavy atom. The van der Waals surface area contributed by atoms with Gasteiger partial charge in [-0.05, 0) is 43.2 Å². The molecule has 9 heteroatoms. The highest BCUT2D eigenvalue weighted by Gasteiger charge is 2.47. The van der Waals surface area contributed by atoms with Crippen molar-refractivity contribution < 1.29 is 19.2 Å². The molecule has 0 aromatic heterocycles. The first-order valence-corrected chi connectivity index (χ1v) is 11.1. The molecule has 31 heavy (non-hydrogen) atoms. The van der Waals surface area contributed by atoms with Crippen LogP contribution in [-0.4, -0.2) is 63.9 Å². The number of carbonyl (C=O) groups excluding carboxylic acids is 2. The molecule has 0 saturated carbocycles. The summed E-state index contributed by atoms with van der Waals surface area (Å²) < 4.78 is 5.17. The van der Waals surface area contributed by atoms with Crippen LogP contribution < -0.4 is 4.74 Å². The number of nitro benzene ring substituents is 1. The third-order valence-corrected chi connectivity index (χ3v) is 7.45. The van der Waals surface area contributed by atoms with E-state index in [1.54, 1.807) is 54.1 Å². The first-order chi connectivity index (χ1) is 14.9. The van der Waals surface area contributed by atoms with Crippen LogP contribution in [0.25, 0.3) is 0 Å². The first-order valence-electron chi connectivity index (χ1n) is 10.1. The van der Waals surface area contributed by atoms with Gasteiger partial charge in [0.2, 0.25) is 0 Å². The fourth-order valence-corrected chi connectivity index (χ4v) is 5.65. The molecule has 2 saturated heterocycles. The number of piperidine rings is 1. The van der Waals surface area contributed by atoms with Crippen molar-refractivity contribution in [3.63, 3.8) is 0 Å². The number of nitro groups is 1. The lowest BCUT2D eigenvalue weighted by atomic mass is 10.00. The summed E-state index contributed by atoms with van der Waals surface area (Å²) in [6.45, 7) is 1.68. The van der Waals surface area contributed by atoms with Gasteiger partial charge in [0, 0.05) is 48.6 Å². The van der Waals surface area contributed by atoms with Gasteiger partial charge in [-0.1, -0.05) is 6.07 Å². The van der Waals surface area contributed by atoms with Crippen molar-refractivity contribution in [2.24, 2.45) is 0 Å². The van der Waals surface area contributed by atoms with Crippen LogP contribution in [0, 0.1) is 10.1 Å². The third-order valence-electron chi connectivity index (χ3n) is 5.90. The number of benzene rings is 2. The number of amides is 2. The average molecular weight is 442 g/mol. The zero-order valence-corrected chi connectivity index (χ0v) is 18.0. The second kappa shape index (κ2) is 8.58. The zero-order valence-electron chi connectivity index (χ0n) is 17.2. The van der Waals surface area contributed by atoms with Gasteiger partial charge in [0.25, 0.3) is 17.5 Å². The van der Waals surface area contributed by atoms with Gasteiger partial charge in [0.05, 0.1) is 16.9 Å². The lowest BCUT2D eigenvalue weighted by molar-refractivity contribution is -0.384. The number of thioether (sulfide) groups is 1. The highest BCUT2D eigenvalue weighted by Crippen LogP contribution is 2.44. The summed E-state index contributed by atoms with van der Waals surface area (Å²) in [5.41, 5.74) is 0.843. The van der Waals surface area contributed by atoms with Crippen LogP contribution in [0.15, 0.2) is 48.5 Å². The normalized spacial score (nSPS) is 17.6. The number of nitrogens with zero attached hydrogens (tertiary/aromatic N) is 3. The minimum atomic E-state index is -0.500. The molecular formula is C22H23N3O5S. The largest absolute Gasteiger partial charge is 0.497 e. The molecule has 2 amide bonds. The Hall–Kier alpha value is -3.07. The Kier molecular flexibility index (Phi) is 5.86. The van der Waals surface area contributed by atoms with Crippen molar-refractivity contribution in [2.75, 3.05) is 32.5 Å². The number of likely N-dealkylation sites (tertiary alicyclic amines) is 1. The Morgan fingerprint density at radius 2 is 1.74 bits per heavy atom. The molecule has 8 nitrogen and oxygen atoms in total. The molecule has 0 atom stereocenters. The maximum Gasteiger partial charge on any atom is 0.270 e. The fraction of sp³-hybridized carbons (Fsp3) is 0.364. The SMILES string of the molecule is COc1ccc(C(=O)N2CCSC23CCN(C(=O)c2cccc([N+](=O)[O-])c2)CC3)cc1. The van der Waals surface area contributed by atoms with Crippen LogP contribution in [0.3, 0.4) is 0 Å². The Morgan fingerprint density at radius 3 is 2.39 bits per heavy atom.